The smallest absolute Gasteiger partial charge is 0.144 e. The van der Waals surface area contributed by atoms with Crippen molar-refractivity contribution in [1.29, 1.82) is 5.26 Å². The van der Waals surface area contributed by atoms with Crippen LogP contribution in [-0.2, 0) is 0 Å². The number of hydrogen-bond acceptors (Lipinski definition) is 2. The Morgan fingerprint density at radius 1 is 1.40 bits per heavy atom. The fourth-order valence-electron chi connectivity index (χ4n) is 1.27. The lowest BCUT2D eigenvalue weighted by Crippen LogP contribution is -2.00. The molecule has 0 saturated heterocycles. The van der Waals surface area contributed by atoms with Crippen molar-refractivity contribution in [2.75, 3.05) is 6.61 Å². The van der Waals surface area contributed by atoms with Gasteiger partial charge in [-0.1, -0.05) is 25.8 Å². The summed E-state index contributed by atoms with van der Waals surface area (Å²) in [5.41, 5.74) is -0.00556. The normalized spacial score (nSPS) is 9.67. The first-order chi connectivity index (χ1) is 7.29. The molecule has 0 amide bonds. The highest BCUT2D eigenvalue weighted by Gasteiger charge is 2.07. The van der Waals surface area contributed by atoms with Crippen molar-refractivity contribution in [2.24, 2.45) is 0 Å². The van der Waals surface area contributed by atoms with Crippen molar-refractivity contribution in [3.8, 4) is 11.8 Å². The first-order valence-electron chi connectivity index (χ1n) is 5.11. The van der Waals surface area contributed by atoms with Gasteiger partial charge in [-0.05, 0) is 18.6 Å². The van der Waals surface area contributed by atoms with Gasteiger partial charge in [0.2, 0.25) is 0 Å². The number of halogens is 1. The number of unbranched alkanes of at least 4 members (excludes halogenated alkanes) is 2. The molecule has 0 aromatic heterocycles. The molecule has 0 atom stereocenters. The minimum atomic E-state index is -0.523. The van der Waals surface area contributed by atoms with E-state index in [0.29, 0.717) is 12.4 Å². The van der Waals surface area contributed by atoms with E-state index in [9.17, 15) is 4.39 Å². The lowest BCUT2D eigenvalue weighted by Gasteiger charge is -2.07. The predicted octanol–water partition coefficient (Wildman–Crippen LogP) is 3.27. The van der Waals surface area contributed by atoms with Crippen LogP contribution in [0.3, 0.4) is 0 Å². The molecule has 1 aromatic rings. The second-order valence-corrected chi connectivity index (χ2v) is 3.28. The number of nitriles is 1. The molecule has 0 bridgehead atoms. The molecule has 0 saturated carbocycles. The third kappa shape index (κ3) is 3.25. The van der Waals surface area contributed by atoms with E-state index < -0.39 is 5.82 Å². The molecule has 0 heterocycles. The van der Waals surface area contributed by atoms with Crippen LogP contribution in [0.1, 0.15) is 31.7 Å². The van der Waals surface area contributed by atoms with Gasteiger partial charge in [0.1, 0.15) is 23.2 Å². The zero-order chi connectivity index (χ0) is 11.1. The number of benzene rings is 1. The minimum Gasteiger partial charge on any atom is -0.492 e. The minimum absolute atomic E-state index is 0.00556. The number of rotatable bonds is 5. The maximum absolute atomic E-state index is 13.1. The van der Waals surface area contributed by atoms with Crippen LogP contribution in [0.5, 0.6) is 5.75 Å². The van der Waals surface area contributed by atoms with Crippen LogP contribution < -0.4 is 4.74 Å². The molecule has 0 spiro atoms. The molecule has 0 aliphatic carbocycles. The second-order valence-electron chi connectivity index (χ2n) is 3.28. The Morgan fingerprint density at radius 2 is 2.20 bits per heavy atom. The van der Waals surface area contributed by atoms with Gasteiger partial charge in [-0.25, -0.2) is 4.39 Å². The van der Waals surface area contributed by atoms with Crippen LogP contribution in [0.15, 0.2) is 18.2 Å². The van der Waals surface area contributed by atoms with Gasteiger partial charge < -0.3 is 4.74 Å². The summed E-state index contributed by atoms with van der Waals surface area (Å²) in [7, 11) is 0. The molecule has 0 fully saturated rings. The molecule has 0 radical (unpaired) electrons. The van der Waals surface area contributed by atoms with Gasteiger partial charge in [-0.15, -0.1) is 0 Å². The van der Waals surface area contributed by atoms with E-state index in [1.165, 1.54) is 6.07 Å². The monoisotopic (exact) mass is 207 g/mol. The van der Waals surface area contributed by atoms with Gasteiger partial charge in [-0.2, -0.15) is 5.26 Å². The summed E-state index contributed by atoms with van der Waals surface area (Å²) in [6, 6.07) is 6.23. The molecular weight excluding hydrogens is 193 g/mol. The summed E-state index contributed by atoms with van der Waals surface area (Å²) in [6.07, 6.45) is 3.12. The Morgan fingerprint density at radius 3 is 2.87 bits per heavy atom. The second kappa shape index (κ2) is 6.02. The molecule has 2 nitrogen and oxygen atoms in total. The molecule has 0 aliphatic heterocycles. The topological polar surface area (TPSA) is 33.0 Å². The van der Waals surface area contributed by atoms with Gasteiger partial charge in [0.15, 0.2) is 0 Å². The highest BCUT2D eigenvalue weighted by atomic mass is 19.1. The van der Waals surface area contributed by atoms with Gasteiger partial charge in [-0.3, -0.25) is 0 Å². The molecule has 1 aromatic carbocycles. The molecular formula is C12H14FNO. The van der Waals surface area contributed by atoms with Crippen molar-refractivity contribution < 1.29 is 9.13 Å². The van der Waals surface area contributed by atoms with E-state index in [0.717, 1.165) is 19.3 Å². The molecule has 0 N–H and O–H groups in total. The summed E-state index contributed by atoms with van der Waals surface area (Å²) in [4.78, 5) is 0. The quantitative estimate of drug-likeness (QED) is 0.694. The zero-order valence-electron chi connectivity index (χ0n) is 8.79. The Balaban J connectivity index is 2.61. The fourth-order valence-corrected chi connectivity index (χ4v) is 1.27. The highest BCUT2D eigenvalue weighted by Crippen LogP contribution is 2.20. The maximum Gasteiger partial charge on any atom is 0.144 e. The SMILES string of the molecule is CCCCCOc1cccc(F)c1C#N. The summed E-state index contributed by atoms with van der Waals surface area (Å²) in [6.45, 7) is 2.63. The van der Waals surface area contributed by atoms with E-state index >= 15 is 0 Å². The van der Waals surface area contributed by atoms with Gasteiger partial charge in [0.05, 0.1) is 6.61 Å². The van der Waals surface area contributed by atoms with E-state index in [1.54, 1.807) is 18.2 Å². The van der Waals surface area contributed by atoms with E-state index in [2.05, 4.69) is 6.92 Å². The van der Waals surface area contributed by atoms with Crippen molar-refractivity contribution in [3.63, 3.8) is 0 Å². The molecule has 3 heteroatoms. The largest absolute Gasteiger partial charge is 0.492 e. The summed E-state index contributed by atoms with van der Waals surface area (Å²) in [5.74, 6) is -0.181. The van der Waals surface area contributed by atoms with Crippen LogP contribution in [0.2, 0.25) is 0 Å². The molecule has 0 unspecified atom stereocenters. The number of ether oxygens (including phenoxy) is 1. The molecule has 15 heavy (non-hydrogen) atoms. The molecule has 1 rings (SSSR count). The summed E-state index contributed by atoms with van der Waals surface area (Å²) in [5, 5.41) is 8.73. The zero-order valence-corrected chi connectivity index (χ0v) is 8.79. The van der Waals surface area contributed by atoms with Gasteiger partial charge in [0.25, 0.3) is 0 Å². The van der Waals surface area contributed by atoms with E-state index in [1.807, 2.05) is 0 Å². The van der Waals surface area contributed by atoms with E-state index in [4.69, 9.17) is 10.00 Å². The Hall–Kier alpha value is -1.56. The summed E-state index contributed by atoms with van der Waals surface area (Å²) < 4.78 is 18.5. The average Bonchev–Trinajstić information content (AvgIpc) is 2.24. The first kappa shape index (κ1) is 11.5. The highest BCUT2D eigenvalue weighted by molar-refractivity contribution is 5.43. The number of nitrogens with zero attached hydrogens (tertiary/aromatic N) is 1. The van der Waals surface area contributed by atoms with Crippen LogP contribution in [0, 0.1) is 17.1 Å². The van der Waals surface area contributed by atoms with Gasteiger partial charge >= 0.3 is 0 Å². The van der Waals surface area contributed by atoms with Crippen LogP contribution in [-0.4, -0.2) is 6.61 Å². The maximum atomic E-state index is 13.1. The average molecular weight is 207 g/mol. The van der Waals surface area contributed by atoms with Crippen LogP contribution >= 0.6 is 0 Å². The summed E-state index contributed by atoms with van der Waals surface area (Å²) >= 11 is 0. The first-order valence-corrected chi connectivity index (χ1v) is 5.11. The third-order valence-electron chi connectivity index (χ3n) is 2.09. The fraction of sp³-hybridized carbons (Fsp3) is 0.417. The third-order valence-corrected chi connectivity index (χ3v) is 2.09. The molecule has 80 valence electrons. The predicted molar refractivity (Wildman–Crippen MR) is 56.1 cm³/mol. The lowest BCUT2D eigenvalue weighted by atomic mass is 10.2. The van der Waals surface area contributed by atoms with Crippen molar-refractivity contribution in [2.45, 2.75) is 26.2 Å². The van der Waals surface area contributed by atoms with Crippen LogP contribution in [0.25, 0.3) is 0 Å². The van der Waals surface area contributed by atoms with Gasteiger partial charge in [0, 0.05) is 0 Å². The van der Waals surface area contributed by atoms with Crippen molar-refractivity contribution >= 4 is 0 Å². The van der Waals surface area contributed by atoms with Crippen molar-refractivity contribution in [1.82, 2.24) is 0 Å². The Kier molecular flexibility index (Phi) is 4.62. The lowest BCUT2D eigenvalue weighted by molar-refractivity contribution is 0.304. The standard InChI is InChI=1S/C12H14FNO/c1-2-3-4-8-15-12-7-5-6-11(13)10(12)9-14/h5-7H,2-4,8H2,1H3. The molecule has 0 aliphatic rings. The van der Waals surface area contributed by atoms with Crippen LogP contribution in [0.4, 0.5) is 4.39 Å². The Labute approximate surface area is 89.3 Å². The van der Waals surface area contributed by atoms with E-state index in [-0.39, 0.29) is 5.56 Å². The number of hydrogen-bond donors (Lipinski definition) is 0. The Bertz CT molecular complexity index is 357. The van der Waals surface area contributed by atoms with Crippen molar-refractivity contribution in [3.05, 3.63) is 29.6 Å².